The van der Waals surface area contributed by atoms with E-state index in [9.17, 15) is 4.79 Å². The lowest BCUT2D eigenvalue weighted by atomic mass is 10.1. The zero-order chi connectivity index (χ0) is 15.6. The monoisotopic (exact) mass is 330 g/mol. The quantitative estimate of drug-likeness (QED) is 0.906. The van der Waals surface area contributed by atoms with Gasteiger partial charge in [-0.3, -0.25) is 5.32 Å². The van der Waals surface area contributed by atoms with E-state index < -0.39 is 12.2 Å². The van der Waals surface area contributed by atoms with Gasteiger partial charge in [0, 0.05) is 15.7 Å². The molecule has 1 N–H and O–H groups in total. The Morgan fingerprint density at radius 2 is 2.00 bits per heavy atom. The molecule has 21 heavy (non-hydrogen) atoms. The van der Waals surface area contributed by atoms with Crippen molar-refractivity contribution in [3.05, 3.63) is 28.2 Å². The third kappa shape index (κ3) is 4.51. The molecule has 1 heterocycles. The van der Waals surface area contributed by atoms with Crippen LogP contribution in [0, 0.1) is 0 Å². The molecule has 1 atom stereocenters. The van der Waals surface area contributed by atoms with Gasteiger partial charge < -0.3 is 9.47 Å². The second kappa shape index (κ2) is 6.12. The van der Waals surface area contributed by atoms with Gasteiger partial charge in [0.1, 0.15) is 6.61 Å². The van der Waals surface area contributed by atoms with Crippen molar-refractivity contribution < 1.29 is 14.3 Å². The van der Waals surface area contributed by atoms with E-state index in [4.69, 9.17) is 32.7 Å². The summed E-state index contributed by atoms with van der Waals surface area (Å²) in [6, 6.07) is 4.73. The molecule has 1 aliphatic heterocycles. The molecule has 5 nitrogen and oxygen atoms in total. The molecule has 1 amide bonds. The highest BCUT2D eigenvalue weighted by Crippen LogP contribution is 2.23. The number of amides is 1. The Kier molecular flexibility index (Phi) is 4.64. The lowest BCUT2D eigenvalue weighted by Gasteiger charge is -2.13. The first-order valence-electron chi connectivity index (χ1n) is 6.41. The second-order valence-corrected chi connectivity index (χ2v) is 6.25. The number of hydrogen-bond donors (Lipinski definition) is 1. The second-order valence-electron chi connectivity index (χ2n) is 5.38. The number of benzene rings is 1. The predicted molar refractivity (Wildman–Crippen MR) is 83.5 cm³/mol. The van der Waals surface area contributed by atoms with Gasteiger partial charge in [-0.1, -0.05) is 23.2 Å². The molecule has 0 saturated carbocycles. The fourth-order valence-corrected chi connectivity index (χ4v) is 2.33. The van der Waals surface area contributed by atoms with Crippen LogP contribution in [0.4, 0.5) is 10.5 Å². The smallest absolute Gasteiger partial charge is 0.412 e. The number of aliphatic imine (C=N–C) groups is 1. The van der Waals surface area contributed by atoms with Crippen molar-refractivity contribution in [1.29, 1.82) is 0 Å². The lowest BCUT2D eigenvalue weighted by Crippen LogP contribution is -2.27. The van der Waals surface area contributed by atoms with Crippen LogP contribution < -0.4 is 5.32 Å². The summed E-state index contributed by atoms with van der Waals surface area (Å²) in [7, 11) is 0. The van der Waals surface area contributed by atoms with Gasteiger partial charge in [-0.05, 0) is 39.0 Å². The summed E-state index contributed by atoms with van der Waals surface area (Å²) >= 11 is 11.7. The molecule has 0 saturated heterocycles. The highest BCUT2D eigenvalue weighted by Gasteiger charge is 2.30. The molecule has 2 rings (SSSR count). The van der Waals surface area contributed by atoms with Gasteiger partial charge in [0.25, 0.3) is 0 Å². The first-order valence-corrected chi connectivity index (χ1v) is 7.17. The number of nitrogens with one attached hydrogen (secondary N) is 1. The number of anilines is 1. The number of rotatable bonds is 3. The van der Waals surface area contributed by atoms with Crippen LogP contribution in [0.2, 0.25) is 10.0 Å². The molecule has 0 bridgehead atoms. The summed E-state index contributed by atoms with van der Waals surface area (Å²) in [5, 5.41) is 3.41. The Bertz CT molecular complexity index is 567. The van der Waals surface area contributed by atoms with Gasteiger partial charge in [-0.15, -0.1) is 0 Å². The van der Waals surface area contributed by atoms with Crippen LogP contribution in [0.5, 0.6) is 0 Å². The summed E-state index contributed by atoms with van der Waals surface area (Å²) in [4.78, 5) is 16.2. The fraction of sp³-hybridized carbons (Fsp3) is 0.429. The summed E-state index contributed by atoms with van der Waals surface area (Å²) in [5.41, 5.74) is 0.170. The van der Waals surface area contributed by atoms with Crippen LogP contribution in [0.15, 0.2) is 23.2 Å². The van der Waals surface area contributed by atoms with E-state index in [1.54, 1.807) is 25.1 Å². The van der Waals surface area contributed by atoms with Gasteiger partial charge >= 0.3 is 6.09 Å². The van der Waals surface area contributed by atoms with E-state index >= 15 is 0 Å². The lowest BCUT2D eigenvalue weighted by molar-refractivity contribution is 0.135. The van der Waals surface area contributed by atoms with E-state index in [-0.39, 0.29) is 5.54 Å². The predicted octanol–water partition coefficient (Wildman–Crippen LogP) is 4.14. The van der Waals surface area contributed by atoms with E-state index in [0.717, 1.165) is 0 Å². The molecule has 0 aromatic heterocycles. The number of ether oxygens (including phenoxy) is 2. The molecule has 1 unspecified atom stereocenters. The van der Waals surface area contributed by atoms with Crippen molar-refractivity contribution in [2.45, 2.75) is 32.4 Å². The zero-order valence-corrected chi connectivity index (χ0v) is 13.5. The normalized spacial score (nSPS) is 17.7. The Hall–Kier alpha value is -1.46. The maximum Gasteiger partial charge on any atom is 0.412 e. The largest absolute Gasteiger partial charge is 0.476 e. The van der Waals surface area contributed by atoms with Crippen molar-refractivity contribution in [1.82, 2.24) is 0 Å². The maximum absolute atomic E-state index is 11.8. The molecule has 0 radical (unpaired) electrons. The van der Waals surface area contributed by atoms with Crippen molar-refractivity contribution in [3.63, 3.8) is 0 Å². The topological polar surface area (TPSA) is 59.9 Å². The van der Waals surface area contributed by atoms with E-state index in [1.807, 2.05) is 13.8 Å². The fourth-order valence-electron chi connectivity index (χ4n) is 1.81. The molecule has 0 aliphatic carbocycles. The maximum atomic E-state index is 11.8. The number of nitrogens with zero attached hydrogens (tertiary/aromatic N) is 1. The zero-order valence-electron chi connectivity index (χ0n) is 11.9. The molecule has 1 aromatic carbocycles. The minimum Gasteiger partial charge on any atom is -0.476 e. The number of halogens is 2. The van der Waals surface area contributed by atoms with Gasteiger partial charge in [-0.25, -0.2) is 9.79 Å². The summed E-state index contributed by atoms with van der Waals surface area (Å²) < 4.78 is 10.6. The number of carbonyl (C=O) groups excluding carboxylic acids is 1. The Labute approximate surface area is 133 Å². The first kappa shape index (κ1) is 15.9. The molecule has 1 aliphatic rings. The molecular weight excluding hydrogens is 315 g/mol. The third-order valence-corrected chi connectivity index (χ3v) is 3.16. The van der Waals surface area contributed by atoms with Crippen molar-refractivity contribution in [2.75, 3.05) is 11.9 Å². The van der Waals surface area contributed by atoms with Crippen molar-refractivity contribution in [2.24, 2.45) is 4.99 Å². The van der Waals surface area contributed by atoms with E-state index in [1.165, 1.54) is 0 Å². The third-order valence-electron chi connectivity index (χ3n) is 2.73. The van der Waals surface area contributed by atoms with Crippen LogP contribution in [0.1, 0.15) is 20.8 Å². The highest BCUT2D eigenvalue weighted by atomic mass is 35.5. The van der Waals surface area contributed by atoms with E-state index in [2.05, 4.69) is 10.3 Å². The molecule has 0 fully saturated rings. The molecule has 7 heteroatoms. The molecule has 1 aromatic rings. The van der Waals surface area contributed by atoms with Gasteiger partial charge in [0.2, 0.25) is 5.90 Å². The van der Waals surface area contributed by atoms with Crippen LogP contribution in [-0.2, 0) is 9.47 Å². The standard InChI is InChI=1S/C14H16Cl2N2O3/c1-8(12-18-14(2,3)7-20-12)21-13(19)17-11-5-9(15)4-10(16)6-11/h4-6,8H,7H2,1-3H3,(H,17,19). The van der Waals surface area contributed by atoms with Gasteiger partial charge in [0.15, 0.2) is 6.10 Å². The van der Waals surface area contributed by atoms with Crippen LogP contribution in [0.3, 0.4) is 0 Å². The average Bonchev–Trinajstić information content (AvgIpc) is 2.68. The van der Waals surface area contributed by atoms with Gasteiger partial charge in [-0.2, -0.15) is 0 Å². The molecule has 0 spiro atoms. The van der Waals surface area contributed by atoms with Crippen molar-refractivity contribution >= 4 is 40.9 Å². The van der Waals surface area contributed by atoms with Crippen LogP contribution >= 0.6 is 23.2 Å². The summed E-state index contributed by atoms with van der Waals surface area (Å²) in [6.45, 7) is 6.06. The number of carbonyl (C=O) groups is 1. The Balaban J connectivity index is 1.96. The number of hydrogen-bond acceptors (Lipinski definition) is 4. The Morgan fingerprint density at radius 3 is 2.52 bits per heavy atom. The van der Waals surface area contributed by atoms with E-state index in [0.29, 0.717) is 28.2 Å². The minimum absolute atomic E-state index is 0.288. The van der Waals surface area contributed by atoms with Crippen molar-refractivity contribution in [3.8, 4) is 0 Å². The van der Waals surface area contributed by atoms with Gasteiger partial charge in [0.05, 0.1) is 5.54 Å². The minimum atomic E-state index is -0.628. The Morgan fingerprint density at radius 1 is 1.38 bits per heavy atom. The molecule has 114 valence electrons. The average molecular weight is 331 g/mol. The molecular formula is C14H16Cl2N2O3. The SMILES string of the molecule is CC(OC(=O)Nc1cc(Cl)cc(Cl)c1)C1=NC(C)(C)CO1. The first-order chi connectivity index (χ1) is 9.75. The van der Waals surface area contributed by atoms with Crippen LogP contribution in [0.25, 0.3) is 0 Å². The summed E-state index contributed by atoms with van der Waals surface area (Å²) in [6.07, 6.45) is -1.20. The summed E-state index contributed by atoms with van der Waals surface area (Å²) in [5.74, 6) is 0.416. The van der Waals surface area contributed by atoms with Crippen LogP contribution in [-0.4, -0.2) is 30.2 Å². The highest BCUT2D eigenvalue weighted by molar-refractivity contribution is 6.35.